The molecule has 0 saturated carbocycles. The maximum atomic E-state index is 13.4. The highest BCUT2D eigenvalue weighted by Crippen LogP contribution is 2.36. The summed E-state index contributed by atoms with van der Waals surface area (Å²) in [6, 6.07) is 16.2. The van der Waals surface area contributed by atoms with Crippen LogP contribution in [0.5, 0.6) is 17.2 Å². The lowest BCUT2D eigenvalue weighted by Gasteiger charge is -2.16. The van der Waals surface area contributed by atoms with Gasteiger partial charge in [-0.3, -0.25) is 14.5 Å². The number of nitrogens with one attached hydrogen (secondary N) is 1. The van der Waals surface area contributed by atoms with Gasteiger partial charge in [0, 0.05) is 10.9 Å². The minimum absolute atomic E-state index is 0.154. The lowest BCUT2D eigenvalue weighted by Crippen LogP contribution is -2.31. The summed E-state index contributed by atoms with van der Waals surface area (Å²) in [6.07, 6.45) is 0. The van der Waals surface area contributed by atoms with Crippen LogP contribution in [0.3, 0.4) is 0 Å². The molecule has 8 heteroatoms. The number of imide groups is 1. The zero-order valence-electron chi connectivity index (χ0n) is 17.9. The van der Waals surface area contributed by atoms with Crippen LogP contribution in [0.2, 0.25) is 0 Å². The van der Waals surface area contributed by atoms with Gasteiger partial charge in [0.25, 0.3) is 11.8 Å². The summed E-state index contributed by atoms with van der Waals surface area (Å²) in [5.74, 6) is 1.08. The third kappa shape index (κ3) is 4.04. The van der Waals surface area contributed by atoms with Crippen molar-refractivity contribution in [1.29, 1.82) is 0 Å². The Labute approximate surface area is 189 Å². The molecule has 1 aliphatic heterocycles. The van der Waals surface area contributed by atoms with Crippen molar-refractivity contribution in [2.75, 3.05) is 26.6 Å². The van der Waals surface area contributed by atoms with Crippen LogP contribution in [0.4, 0.5) is 5.69 Å². The first-order valence-corrected chi connectivity index (χ1v) is 10.7. The van der Waals surface area contributed by atoms with E-state index < -0.39 is 5.91 Å². The topological polar surface area (TPSA) is 77.1 Å². The number of hydrogen-bond donors (Lipinski definition) is 1. The highest BCUT2D eigenvalue weighted by atomic mass is 32.1. The molecule has 0 spiro atoms. The second-order valence-corrected chi connectivity index (χ2v) is 7.91. The molecule has 0 fully saturated rings. The summed E-state index contributed by atoms with van der Waals surface area (Å²) in [7, 11) is 4.69. The third-order valence-corrected chi connectivity index (χ3v) is 5.99. The van der Waals surface area contributed by atoms with Crippen molar-refractivity contribution in [3.63, 3.8) is 0 Å². The molecule has 0 saturated heterocycles. The van der Waals surface area contributed by atoms with Gasteiger partial charge in [-0.2, -0.15) is 0 Å². The van der Waals surface area contributed by atoms with Gasteiger partial charge in [0.1, 0.15) is 22.9 Å². The summed E-state index contributed by atoms with van der Waals surface area (Å²) >= 11 is 1.40. The first kappa shape index (κ1) is 21.5. The van der Waals surface area contributed by atoms with Crippen molar-refractivity contribution < 1.29 is 23.8 Å². The molecule has 0 unspecified atom stereocenters. The lowest BCUT2D eigenvalue weighted by atomic mass is 10.1. The number of amides is 2. The van der Waals surface area contributed by atoms with Gasteiger partial charge in [-0.1, -0.05) is 18.2 Å². The molecule has 0 atom stereocenters. The predicted octanol–water partition coefficient (Wildman–Crippen LogP) is 4.17. The second kappa shape index (κ2) is 9.15. The second-order valence-electron chi connectivity index (χ2n) is 6.96. The number of anilines is 1. The molecule has 2 aromatic carbocycles. The van der Waals surface area contributed by atoms with Gasteiger partial charge in [0.05, 0.1) is 39.1 Å². The molecule has 1 aliphatic rings. The van der Waals surface area contributed by atoms with Crippen LogP contribution in [0.15, 0.2) is 65.7 Å². The summed E-state index contributed by atoms with van der Waals surface area (Å²) < 4.78 is 15.9. The number of nitrogens with zero attached hydrogens (tertiary/aromatic N) is 1. The smallest absolute Gasteiger partial charge is 0.278 e. The van der Waals surface area contributed by atoms with Crippen molar-refractivity contribution in [3.8, 4) is 17.2 Å². The molecule has 2 amide bonds. The predicted molar refractivity (Wildman–Crippen MR) is 123 cm³/mol. The average Bonchev–Trinajstić information content (AvgIpc) is 3.43. The van der Waals surface area contributed by atoms with E-state index >= 15 is 0 Å². The van der Waals surface area contributed by atoms with Crippen LogP contribution < -0.4 is 19.5 Å². The summed E-state index contributed by atoms with van der Waals surface area (Å²) in [4.78, 5) is 28.7. The van der Waals surface area contributed by atoms with E-state index in [-0.39, 0.29) is 18.1 Å². The Morgan fingerprint density at radius 3 is 2.22 bits per heavy atom. The van der Waals surface area contributed by atoms with Gasteiger partial charge in [-0.25, -0.2) is 0 Å². The molecule has 0 bridgehead atoms. The molecule has 1 aromatic heterocycles. The highest BCUT2D eigenvalue weighted by Gasteiger charge is 2.40. The van der Waals surface area contributed by atoms with Crippen molar-refractivity contribution in [2.24, 2.45) is 0 Å². The van der Waals surface area contributed by atoms with Gasteiger partial charge in [-0.05, 0) is 41.3 Å². The largest absolute Gasteiger partial charge is 0.497 e. The van der Waals surface area contributed by atoms with Gasteiger partial charge in [0.2, 0.25) is 0 Å². The van der Waals surface area contributed by atoms with E-state index in [1.807, 2.05) is 29.6 Å². The van der Waals surface area contributed by atoms with Crippen LogP contribution in [-0.4, -0.2) is 38.0 Å². The maximum absolute atomic E-state index is 13.4. The Kier molecular flexibility index (Phi) is 6.13. The fourth-order valence-electron chi connectivity index (χ4n) is 3.43. The Morgan fingerprint density at radius 2 is 1.59 bits per heavy atom. The molecule has 3 aromatic rings. The van der Waals surface area contributed by atoms with Gasteiger partial charge < -0.3 is 19.5 Å². The first-order chi connectivity index (χ1) is 15.5. The normalized spacial score (nSPS) is 13.5. The number of carbonyl (C=O) groups is 2. The molecular formula is C24H22N2O5S. The van der Waals surface area contributed by atoms with E-state index in [0.29, 0.717) is 28.5 Å². The van der Waals surface area contributed by atoms with Crippen molar-refractivity contribution in [2.45, 2.75) is 6.54 Å². The van der Waals surface area contributed by atoms with Crippen molar-refractivity contribution in [3.05, 3.63) is 76.1 Å². The SMILES string of the molecule is COc1ccc(CN2C(=O)C(Nc3ccc(OC)cc3OC)=C(c3cccs3)C2=O)cc1. The van der Waals surface area contributed by atoms with Crippen LogP contribution >= 0.6 is 11.3 Å². The lowest BCUT2D eigenvalue weighted by molar-refractivity contribution is -0.137. The van der Waals surface area contributed by atoms with E-state index in [9.17, 15) is 9.59 Å². The molecule has 0 aliphatic carbocycles. The van der Waals surface area contributed by atoms with E-state index in [1.165, 1.54) is 23.3 Å². The molecule has 32 heavy (non-hydrogen) atoms. The summed E-state index contributed by atoms with van der Waals surface area (Å²) in [6.45, 7) is 0.154. The Bertz CT molecular complexity index is 1170. The van der Waals surface area contributed by atoms with E-state index in [4.69, 9.17) is 14.2 Å². The summed E-state index contributed by atoms with van der Waals surface area (Å²) in [5.41, 5.74) is 1.94. The monoisotopic (exact) mass is 450 g/mol. The maximum Gasteiger partial charge on any atom is 0.278 e. The number of hydrogen-bond acceptors (Lipinski definition) is 7. The highest BCUT2D eigenvalue weighted by molar-refractivity contribution is 7.11. The molecule has 0 radical (unpaired) electrons. The number of carbonyl (C=O) groups excluding carboxylic acids is 2. The standard InChI is InChI=1S/C24H22N2O5S/c1-29-16-8-6-15(7-9-16)14-26-23(27)21(20-5-4-12-32-20)22(24(26)28)25-18-11-10-17(30-2)13-19(18)31-3/h4-13,25H,14H2,1-3H3. The number of rotatable bonds is 8. The van der Waals surface area contributed by atoms with Crippen LogP contribution in [0.1, 0.15) is 10.4 Å². The number of thiophene rings is 1. The Morgan fingerprint density at radius 1 is 0.875 bits per heavy atom. The van der Waals surface area contributed by atoms with Gasteiger partial charge in [-0.15, -0.1) is 11.3 Å². The van der Waals surface area contributed by atoms with E-state index in [0.717, 1.165) is 10.4 Å². The van der Waals surface area contributed by atoms with Crippen LogP contribution in [0, 0.1) is 0 Å². The Hall–Kier alpha value is -3.78. The van der Waals surface area contributed by atoms with Crippen molar-refractivity contribution >= 4 is 34.4 Å². The quantitative estimate of drug-likeness (QED) is 0.519. The molecule has 164 valence electrons. The van der Waals surface area contributed by atoms with E-state index in [1.54, 1.807) is 44.6 Å². The molecular weight excluding hydrogens is 428 g/mol. The molecule has 2 heterocycles. The van der Waals surface area contributed by atoms with Gasteiger partial charge in [0.15, 0.2) is 0 Å². The number of ether oxygens (including phenoxy) is 3. The zero-order valence-corrected chi connectivity index (χ0v) is 18.7. The fraction of sp³-hybridized carbons (Fsp3) is 0.167. The molecule has 7 nitrogen and oxygen atoms in total. The molecule has 1 N–H and O–H groups in total. The third-order valence-electron chi connectivity index (χ3n) is 5.10. The van der Waals surface area contributed by atoms with Gasteiger partial charge >= 0.3 is 0 Å². The number of methoxy groups -OCH3 is 3. The fourth-order valence-corrected chi connectivity index (χ4v) is 4.20. The van der Waals surface area contributed by atoms with Crippen LogP contribution in [0.25, 0.3) is 5.57 Å². The summed E-state index contributed by atoms with van der Waals surface area (Å²) in [5, 5.41) is 5.01. The van der Waals surface area contributed by atoms with Crippen molar-refractivity contribution in [1.82, 2.24) is 4.90 Å². The minimum Gasteiger partial charge on any atom is -0.497 e. The zero-order chi connectivity index (χ0) is 22.7. The Balaban J connectivity index is 1.69. The minimum atomic E-state index is -0.396. The average molecular weight is 451 g/mol. The van der Waals surface area contributed by atoms with Crippen LogP contribution in [-0.2, 0) is 16.1 Å². The van der Waals surface area contributed by atoms with E-state index in [2.05, 4.69) is 5.32 Å². The molecule has 4 rings (SSSR count). The number of benzene rings is 2. The first-order valence-electron chi connectivity index (χ1n) is 9.82.